The third-order valence-corrected chi connectivity index (χ3v) is 4.46. The summed E-state index contributed by atoms with van der Waals surface area (Å²) in [5.41, 5.74) is 2.45. The Morgan fingerprint density at radius 1 is 1.29 bits per heavy atom. The van der Waals surface area contributed by atoms with E-state index < -0.39 is 6.10 Å². The summed E-state index contributed by atoms with van der Waals surface area (Å²) in [6, 6.07) is 8.75. The van der Waals surface area contributed by atoms with E-state index in [1.54, 1.807) is 0 Å². The molecular weight excluding hydrogens is 304 g/mol. The number of amides is 1. The summed E-state index contributed by atoms with van der Waals surface area (Å²) in [6.45, 7) is 9.12. The molecule has 0 radical (unpaired) electrons. The Morgan fingerprint density at radius 2 is 2.00 bits per heavy atom. The fourth-order valence-corrected chi connectivity index (χ4v) is 2.96. The van der Waals surface area contributed by atoms with E-state index in [1.807, 2.05) is 18.7 Å². The van der Waals surface area contributed by atoms with Crippen molar-refractivity contribution in [2.24, 2.45) is 0 Å². The molecule has 5 nitrogen and oxygen atoms in total. The average Bonchev–Trinajstić information content (AvgIpc) is 2.60. The lowest BCUT2D eigenvalue weighted by Gasteiger charge is -2.34. The predicted octanol–water partition coefficient (Wildman–Crippen LogP) is 2.84. The van der Waals surface area contributed by atoms with Gasteiger partial charge in [-0.05, 0) is 45.2 Å². The molecule has 1 fully saturated rings. The van der Waals surface area contributed by atoms with Crippen LogP contribution in [0.25, 0.3) is 0 Å². The molecule has 1 aromatic carbocycles. The number of nitrogens with one attached hydrogen (secondary N) is 1. The van der Waals surface area contributed by atoms with E-state index in [0.29, 0.717) is 25.9 Å². The first-order chi connectivity index (χ1) is 11.6. The molecule has 1 aliphatic rings. The lowest BCUT2D eigenvalue weighted by atomic mass is 10.0. The Morgan fingerprint density at radius 3 is 2.67 bits per heavy atom. The van der Waals surface area contributed by atoms with Crippen molar-refractivity contribution in [3.63, 3.8) is 0 Å². The maximum atomic E-state index is 12.4. The van der Waals surface area contributed by atoms with E-state index in [2.05, 4.69) is 36.5 Å². The topological polar surface area (TPSA) is 50.8 Å². The van der Waals surface area contributed by atoms with Crippen molar-refractivity contribution in [2.45, 2.75) is 45.8 Å². The minimum Gasteiger partial charge on any atom is -0.382 e. The maximum Gasteiger partial charge on any atom is 0.251 e. The van der Waals surface area contributed by atoms with Gasteiger partial charge in [0.25, 0.3) is 5.91 Å². The minimum absolute atomic E-state index is 0.0841. The number of carbonyl (C=O) groups excluding carboxylic acids is 1. The molecule has 0 bridgehead atoms. The van der Waals surface area contributed by atoms with Gasteiger partial charge in [0.15, 0.2) is 0 Å². The Kier molecular flexibility index (Phi) is 7.53. The van der Waals surface area contributed by atoms with E-state index in [0.717, 1.165) is 25.9 Å². The zero-order valence-corrected chi connectivity index (χ0v) is 15.1. The van der Waals surface area contributed by atoms with Crippen molar-refractivity contribution in [3.05, 3.63) is 29.8 Å². The molecule has 0 saturated carbocycles. The summed E-state index contributed by atoms with van der Waals surface area (Å²) in [4.78, 5) is 14.3. The Labute approximate surface area is 145 Å². The van der Waals surface area contributed by atoms with Crippen molar-refractivity contribution in [3.8, 4) is 0 Å². The molecule has 2 rings (SSSR count). The summed E-state index contributed by atoms with van der Waals surface area (Å²) >= 11 is 0. The Hall–Kier alpha value is -1.59. The van der Waals surface area contributed by atoms with Crippen LogP contribution in [0.4, 0.5) is 5.69 Å². The number of nitrogens with zero attached hydrogens (tertiary/aromatic N) is 1. The summed E-state index contributed by atoms with van der Waals surface area (Å²) in [5.74, 6) is 0.0841. The molecule has 1 saturated heterocycles. The van der Waals surface area contributed by atoms with E-state index in [1.165, 1.54) is 11.3 Å². The summed E-state index contributed by atoms with van der Waals surface area (Å²) in [6.07, 6.45) is 1.53. The van der Waals surface area contributed by atoms with Crippen molar-refractivity contribution < 1.29 is 14.3 Å². The molecule has 0 aromatic heterocycles. The second kappa shape index (κ2) is 9.64. The molecule has 1 N–H and O–H groups in total. The maximum absolute atomic E-state index is 12.4. The number of anilines is 1. The summed E-state index contributed by atoms with van der Waals surface area (Å²) in [7, 11) is 0. The van der Waals surface area contributed by atoms with Crippen molar-refractivity contribution in [2.75, 3.05) is 38.2 Å². The first kappa shape index (κ1) is 18.7. The highest BCUT2D eigenvalue weighted by atomic mass is 16.5. The van der Waals surface area contributed by atoms with Gasteiger partial charge in [-0.2, -0.15) is 0 Å². The minimum atomic E-state index is -0.397. The molecular formula is C19H30N2O3. The molecule has 5 heteroatoms. The SMILES string of the molecule is CCOCCO[C@H](C)C(=O)N1CCC(Nc2ccccc2C)CC1. The normalized spacial score (nSPS) is 16.9. The van der Waals surface area contributed by atoms with Gasteiger partial charge in [-0.3, -0.25) is 4.79 Å². The van der Waals surface area contributed by atoms with Gasteiger partial charge in [0.1, 0.15) is 6.10 Å². The van der Waals surface area contributed by atoms with Gasteiger partial charge in [-0.25, -0.2) is 0 Å². The van der Waals surface area contributed by atoms with Crippen molar-refractivity contribution >= 4 is 11.6 Å². The number of piperidine rings is 1. The summed E-state index contributed by atoms with van der Waals surface area (Å²) in [5, 5.41) is 3.60. The van der Waals surface area contributed by atoms with Gasteiger partial charge >= 0.3 is 0 Å². The molecule has 1 aliphatic heterocycles. The van der Waals surface area contributed by atoms with Crippen LogP contribution in [0.15, 0.2) is 24.3 Å². The highest BCUT2D eigenvalue weighted by Crippen LogP contribution is 2.20. The first-order valence-corrected chi connectivity index (χ1v) is 8.92. The number of para-hydroxylation sites is 1. The zero-order valence-electron chi connectivity index (χ0n) is 15.1. The van der Waals surface area contributed by atoms with Crippen LogP contribution in [0.2, 0.25) is 0 Å². The van der Waals surface area contributed by atoms with Crippen LogP contribution < -0.4 is 5.32 Å². The third-order valence-electron chi connectivity index (χ3n) is 4.46. The molecule has 24 heavy (non-hydrogen) atoms. The number of likely N-dealkylation sites (tertiary alicyclic amines) is 1. The highest BCUT2D eigenvalue weighted by Gasteiger charge is 2.26. The first-order valence-electron chi connectivity index (χ1n) is 8.92. The molecule has 0 spiro atoms. The number of hydrogen-bond acceptors (Lipinski definition) is 4. The standard InChI is InChI=1S/C19H30N2O3/c1-4-23-13-14-24-16(3)19(22)21-11-9-17(10-12-21)20-18-8-6-5-7-15(18)2/h5-8,16-17,20H,4,9-14H2,1-3H3/t16-/m1/s1. The molecule has 1 heterocycles. The van der Waals surface area contributed by atoms with Crippen LogP contribution in [-0.2, 0) is 14.3 Å². The van der Waals surface area contributed by atoms with Gasteiger partial charge in [0.2, 0.25) is 0 Å². The zero-order chi connectivity index (χ0) is 17.4. The van der Waals surface area contributed by atoms with Crippen molar-refractivity contribution in [1.29, 1.82) is 0 Å². The predicted molar refractivity (Wildman–Crippen MR) is 96.3 cm³/mol. The molecule has 1 atom stereocenters. The highest BCUT2D eigenvalue weighted by molar-refractivity contribution is 5.80. The second-order valence-corrected chi connectivity index (χ2v) is 6.27. The monoisotopic (exact) mass is 334 g/mol. The Bertz CT molecular complexity index is 513. The lowest BCUT2D eigenvalue weighted by molar-refractivity contribution is -0.144. The fourth-order valence-electron chi connectivity index (χ4n) is 2.96. The quantitative estimate of drug-likeness (QED) is 0.743. The number of rotatable bonds is 8. The number of benzene rings is 1. The van der Waals surface area contributed by atoms with E-state index in [9.17, 15) is 4.79 Å². The number of carbonyl (C=O) groups is 1. The van der Waals surface area contributed by atoms with Gasteiger partial charge in [-0.1, -0.05) is 18.2 Å². The molecule has 0 unspecified atom stereocenters. The lowest BCUT2D eigenvalue weighted by Crippen LogP contribution is -2.46. The smallest absolute Gasteiger partial charge is 0.251 e. The third kappa shape index (κ3) is 5.49. The van der Waals surface area contributed by atoms with Crippen LogP contribution in [0.5, 0.6) is 0 Å². The fraction of sp³-hybridized carbons (Fsp3) is 0.632. The second-order valence-electron chi connectivity index (χ2n) is 6.27. The van der Waals surface area contributed by atoms with Gasteiger partial charge < -0.3 is 19.7 Å². The van der Waals surface area contributed by atoms with Crippen LogP contribution in [0, 0.1) is 6.92 Å². The van der Waals surface area contributed by atoms with E-state index >= 15 is 0 Å². The number of aryl methyl sites for hydroxylation is 1. The molecule has 1 amide bonds. The average molecular weight is 334 g/mol. The number of ether oxygens (including phenoxy) is 2. The molecule has 1 aromatic rings. The van der Waals surface area contributed by atoms with Crippen LogP contribution >= 0.6 is 0 Å². The van der Waals surface area contributed by atoms with E-state index in [-0.39, 0.29) is 5.91 Å². The van der Waals surface area contributed by atoms with Gasteiger partial charge in [0, 0.05) is 31.4 Å². The Balaban J connectivity index is 1.73. The van der Waals surface area contributed by atoms with Crippen molar-refractivity contribution in [1.82, 2.24) is 4.90 Å². The number of hydrogen-bond donors (Lipinski definition) is 1. The van der Waals surface area contributed by atoms with E-state index in [4.69, 9.17) is 9.47 Å². The largest absolute Gasteiger partial charge is 0.382 e. The molecule has 0 aliphatic carbocycles. The van der Waals surface area contributed by atoms with Gasteiger partial charge in [0.05, 0.1) is 13.2 Å². The molecule has 134 valence electrons. The van der Waals surface area contributed by atoms with Gasteiger partial charge in [-0.15, -0.1) is 0 Å². The summed E-state index contributed by atoms with van der Waals surface area (Å²) < 4.78 is 10.8. The van der Waals surface area contributed by atoms with Crippen LogP contribution in [0.1, 0.15) is 32.3 Å². The van der Waals surface area contributed by atoms with Crippen LogP contribution in [0.3, 0.4) is 0 Å². The van der Waals surface area contributed by atoms with Crippen LogP contribution in [-0.4, -0.2) is 55.9 Å².